The Morgan fingerprint density at radius 2 is 2.19 bits per heavy atom. The number of methoxy groups -OCH3 is 1. The van der Waals surface area contributed by atoms with E-state index in [9.17, 15) is 4.79 Å². The highest BCUT2D eigenvalue weighted by Gasteiger charge is 2.34. The summed E-state index contributed by atoms with van der Waals surface area (Å²) in [5.41, 5.74) is 1.55. The van der Waals surface area contributed by atoms with Crippen molar-refractivity contribution in [2.45, 2.75) is 38.5 Å². The van der Waals surface area contributed by atoms with E-state index in [-0.39, 0.29) is 17.6 Å². The maximum absolute atomic E-state index is 12.6. The summed E-state index contributed by atoms with van der Waals surface area (Å²) >= 11 is 0. The number of carbonyl (C=O) groups is 1. The number of benzene rings is 1. The van der Waals surface area contributed by atoms with Gasteiger partial charge >= 0.3 is 0 Å². The van der Waals surface area contributed by atoms with Gasteiger partial charge in [0.2, 0.25) is 5.91 Å². The van der Waals surface area contributed by atoms with Crippen molar-refractivity contribution in [1.29, 1.82) is 0 Å². The molecule has 0 unspecified atom stereocenters. The Hall–Kier alpha value is -2.60. The fourth-order valence-corrected chi connectivity index (χ4v) is 3.40. The lowest BCUT2D eigenvalue weighted by Crippen LogP contribution is -2.43. The van der Waals surface area contributed by atoms with Crippen LogP contribution in [0.2, 0.25) is 0 Å². The number of nitrogens with zero attached hydrogens (tertiary/aromatic N) is 2. The summed E-state index contributed by atoms with van der Waals surface area (Å²) in [5.74, 6) is 1.52. The molecular weight excluding hydrogens is 342 g/mol. The normalized spacial score (nSPS) is 17.7. The number of hydrogen-bond acceptors (Lipinski definition) is 5. The molecule has 3 rings (SSSR count). The van der Waals surface area contributed by atoms with Gasteiger partial charge in [0.05, 0.1) is 25.4 Å². The number of aromatic nitrogens is 1. The van der Waals surface area contributed by atoms with E-state index < -0.39 is 0 Å². The molecule has 6 nitrogen and oxygen atoms in total. The van der Waals surface area contributed by atoms with Crippen LogP contribution >= 0.6 is 0 Å². The number of pyridine rings is 1. The predicted octanol–water partition coefficient (Wildman–Crippen LogP) is 2.94. The van der Waals surface area contributed by atoms with Gasteiger partial charge in [-0.2, -0.15) is 0 Å². The maximum Gasteiger partial charge on any atom is 0.234 e. The zero-order valence-corrected chi connectivity index (χ0v) is 16.4. The molecule has 1 aromatic heterocycles. The van der Waals surface area contributed by atoms with E-state index in [0.717, 1.165) is 22.8 Å². The lowest BCUT2D eigenvalue weighted by atomic mass is 9.89. The average molecular weight is 369 g/mol. The first kappa shape index (κ1) is 19.2. The highest BCUT2D eigenvalue weighted by Crippen LogP contribution is 2.41. The highest BCUT2D eigenvalue weighted by atomic mass is 16.5. The molecule has 0 saturated heterocycles. The number of carbonyl (C=O) groups excluding carboxylic acids is 1. The Balaban J connectivity index is 1.68. The van der Waals surface area contributed by atoms with Crippen LogP contribution in [0.1, 0.15) is 37.6 Å². The number of likely N-dealkylation sites (N-methyl/N-ethyl adjacent to an activating group) is 1. The quantitative estimate of drug-likeness (QED) is 0.848. The van der Waals surface area contributed by atoms with Crippen LogP contribution in [0.25, 0.3) is 0 Å². The van der Waals surface area contributed by atoms with E-state index in [1.807, 2.05) is 62.2 Å². The van der Waals surface area contributed by atoms with Crippen LogP contribution in [0.5, 0.6) is 11.5 Å². The molecule has 1 atom stereocenters. The van der Waals surface area contributed by atoms with Gasteiger partial charge in [-0.1, -0.05) is 6.07 Å². The predicted molar refractivity (Wildman–Crippen MR) is 104 cm³/mol. The molecule has 0 bridgehead atoms. The molecule has 0 aliphatic carbocycles. The number of hydrogen-bond donors (Lipinski definition) is 1. The molecular formula is C21H27N3O3. The Kier molecular flexibility index (Phi) is 5.65. The second-order valence-electron chi connectivity index (χ2n) is 7.58. The van der Waals surface area contributed by atoms with Crippen molar-refractivity contribution in [3.63, 3.8) is 0 Å². The Bertz CT molecular complexity index is 793. The van der Waals surface area contributed by atoms with Gasteiger partial charge in [0.15, 0.2) is 0 Å². The van der Waals surface area contributed by atoms with Crippen LogP contribution < -0.4 is 14.8 Å². The van der Waals surface area contributed by atoms with Crippen molar-refractivity contribution >= 4 is 5.91 Å². The third kappa shape index (κ3) is 4.98. The van der Waals surface area contributed by atoms with Crippen molar-refractivity contribution in [3.05, 3.63) is 53.9 Å². The average Bonchev–Trinajstić information content (AvgIpc) is 2.61. The molecule has 0 radical (unpaired) electrons. The summed E-state index contributed by atoms with van der Waals surface area (Å²) in [4.78, 5) is 18.9. The number of fused-ring (bicyclic) bond motifs is 1. The van der Waals surface area contributed by atoms with Gasteiger partial charge in [-0.15, -0.1) is 0 Å². The van der Waals surface area contributed by atoms with Gasteiger partial charge < -0.3 is 14.8 Å². The Morgan fingerprint density at radius 3 is 2.89 bits per heavy atom. The molecule has 144 valence electrons. The minimum Gasteiger partial charge on any atom is -0.497 e. The zero-order valence-electron chi connectivity index (χ0n) is 16.4. The van der Waals surface area contributed by atoms with E-state index in [4.69, 9.17) is 9.47 Å². The second-order valence-corrected chi connectivity index (χ2v) is 7.58. The summed E-state index contributed by atoms with van der Waals surface area (Å²) < 4.78 is 11.4. The van der Waals surface area contributed by atoms with E-state index >= 15 is 0 Å². The Labute approximate surface area is 160 Å². The van der Waals surface area contributed by atoms with Crippen LogP contribution in [0.15, 0.2) is 42.6 Å². The van der Waals surface area contributed by atoms with Crippen molar-refractivity contribution in [1.82, 2.24) is 15.2 Å². The van der Waals surface area contributed by atoms with Crippen LogP contribution in [-0.4, -0.2) is 42.1 Å². The van der Waals surface area contributed by atoms with E-state index in [1.165, 1.54) is 0 Å². The molecule has 1 aliphatic heterocycles. The molecule has 0 spiro atoms. The fourth-order valence-electron chi connectivity index (χ4n) is 3.40. The molecule has 2 heterocycles. The third-order valence-corrected chi connectivity index (χ3v) is 4.58. The lowest BCUT2D eigenvalue weighted by Gasteiger charge is -2.38. The molecule has 2 aromatic rings. The minimum atomic E-state index is -0.348. The summed E-state index contributed by atoms with van der Waals surface area (Å²) in [5, 5.41) is 3.16. The number of nitrogens with one attached hydrogen (secondary N) is 1. The number of ether oxygens (including phenoxy) is 2. The lowest BCUT2D eigenvalue weighted by molar-refractivity contribution is -0.123. The van der Waals surface area contributed by atoms with Gasteiger partial charge in [0, 0.05) is 24.7 Å². The van der Waals surface area contributed by atoms with Crippen molar-refractivity contribution in [2.24, 2.45) is 0 Å². The summed E-state index contributed by atoms with van der Waals surface area (Å²) in [6, 6.07) is 11.4. The molecule has 27 heavy (non-hydrogen) atoms. The first-order chi connectivity index (χ1) is 12.9. The van der Waals surface area contributed by atoms with Crippen molar-refractivity contribution < 1.29 is 14.3 Å². The first-order valence-electron chi connectivity index (χ1n) is 9.11. The largest absolute Gasteiger partial charge is 0.497 e. The molecule has 0 saturated carbocycles. The van der Waals surface area contributed by atoms with Gasteiger partial charge in [-0.3, -0.25) is 14.7 Å². The minimum absolute atomic E-state index is 0.0232. The van der Waals surface area contributed by atoms with Crippen LogP contribution in [-0.2, 0) is 11.3 Å². The maximum atomic E-state index is 12.6. The molecule has 1 aromatic carbocycles. The first-order valence-corrected chi connectivity index (χ1v) is 9.11. The highest BCUT2D eigenvalue weighted by molar-refractivity contribution is 5.78. The van der Waals surface area contributed by atoms with Crippen LogP contribution in [0, 0.1) is 0 Å². The van der Waals surface area contributed by atoms with Crippen molar-refractivity contribution in [2.75, 3.05) is 20.7 Å². The number of rotatable bonds is 6. The summed E-state index contributed by atoms with van der Waals surface area (Å²) in [6.45, 7) is 4.99. The zero-order chi connectivity index (χ0) is 19.4. The third-order valence-electron chi connectivity index (χ3n) is 4.58. The Morgan fingerprint density at radius 1 is 1.37 bits per heavy atom. The standard InChI is InChI=1S/C21H27N3O3/c1-21(2)12-18(17-11-16(26-4)8-9-19(17)27-21)23-20(25)14-24(3)13-15-7-5-6-10-22-15/h5-11,18H,12-14H2,1-4H3,(H,23,25)/t18-/m0/s1. The van der Waals surface area contributed by atoms with Gasteiger partial charge in [0.25, 0.3) is 0 Å². The molecule has 6 heteroatoms. The van der Waals surface area contributed by atoms with E-state index in [1.54, 1.807) is 13.3 Å². The molecule has 1 amide bonds. The van der Waals surface area contributed by atoms with Gasteiger partial charge in [-0.05, 0) is 51.2 Å². The van der Waals surface area contributed by atoms with E-state index in [2.05, 4.69) is 10.3 Å². The molecule has 1 aliphatic rings. The molecule has 0 fully saturated rings. The van der Waals surface area contributed by atoms with Gasteiger partial charge in [-0.25, -0.2) is 0 Å². The number of amides is 1. The summed E-state index contributed by atoms with van der Waals surface area (Å²) in [7, 11) is 3.55. The SMILES string of the molecule is COc1ccc2c(c1)[C@@H](NC(=O)CN(C)Cc1ccccn1)CC(C)(C)O2. The molecule has 1 N–H and O–H groups in total. The second kappa shape index (κ2) is 7.96. The topological polar surface area (TPSA) is 63.7 Å². The smallest absolute Gasteiger partial charge is 0.234 e. The van der Waals surface area contributed by atoms with Crippen LogP contribution in [0.3, 0.4) is 0 Å². The fraction of sp³-hybridized carbons (Fsp3) is 0.429. The van der Waals surface area contributed by atoms with Crippen molar-refractivity contribution in [3.8, 4) is 11.5 Å². The monoisotopic (exact) mass is 369 g/mol. The summed E-state index contributed by atoms with van der Waals surface area (Å²) in [6.07, 6.45) is 2.46. The van der Waals surface area contributed by atoms with E-state index in [0.29, 0.717) is 19.5 Å². The van der Waals surface area contributed by atoms with Gasteiger partial charge in [0.1, 0.15) is 17.1 Å². The van der Waals surface area contributed by atoms with Crippen LogP contribution in [0.4, 0.5) is 0 Å².